The molecule has 1 saturated carbocycles. The topological polar surface area (TPSA) is 84.7 Å². The second-order valence-electron chi connectivity index (χ2n) is 11.1. The highest BCUT2D eigenvalue weighted by molar-refractivity contribution is 7.19. The third-order valence-electron chi connectivity index (χ3n) is 7.98. The number of carbonyl (C=O) groups is 2. The second-order valence-corrected chi connectivity index (χ2v) is 12.8. The molecule has 1 fully saturated rings. The van der Waals surface area contributed by atoms with Crippen LogP contribution in [0, 0.1) is 0 Å². The van der Waals surface area contributed by atoms with E-state index >= 15 is 0 Å². The number of carboxylic acid groups (broad SMARTS) is 1. The van der Waals surface area contributed by atoms with Gasteiger partial charge in [-0.25, -0.2) is 9.78 Å². The number of rotatable bonds is 8. The number of carboxylic acids is 1. The van der Waals surface area contributed by atoms with Gasteiger partial charge in [0.25, 0.3) is 5.91 Å². The van der Waals surface area contributed by atoms with E-state index in [1.165, 1.54) is 30.6 Å². The summed E-state index contributed by atoms with van der Waals surface area (Å²) in [5.74, 6) is 0.497. The summed E-state index contributed by atoms with van der Waals surface area (Å²) >= 11 is 7.71. The van der Waals surface area contributed by atoms with E-state index in [9.17, 15) is 14.7 Å². The molecule has 5 aromatic rings. The maximum absolute atomic E-state index is 12.7. The molecule has 6 rings (SSSR count). The van der Waals surface area contributed by atoms with Crippen molar-refractivity contribution in [3.63, 3.8) is 0 Å². The maximum Gasteiger partial charge on any atom is 0.335 e. The van der Waals surface area contributed by atoms with Crippen LogP contribution in [0.2, 0.25) is 4.34 Å². The molecule has 10 heteroatoms. The number of hydrogen-bond donors (Lipinski definition) is 1. The summed E-state index contributed by atoms with van der Waals surface area (Å²) in [5, 5.41) is 9.53. The van der Waals surface area contributed by atoms with E-state index in [1.807, 2.05) is 60.7 Å². The predicted molar refractivity (Wildman–Crippen MR) is 179 cm³/mol. The van der Waals surface area contributed by atoms with E-state index in [1.54, 1.807) is 31.1 Å². The highest BCUT2D eigenvalue weighted by Crippen LogP contribution is 2.37. The van der Waals surface area contributed by atoms with Gasteiger partial charge in [-0.3, -0.25) is 4.79 Å². The summed E-state index contributed by atoms with van der Waals surface area (Å²) in [6.45, 7) is 0.275. The molecule has 0 aliphatic heterocycles. The van der Waals surface area contributed by atoms with Gasteiger partial charge in [0, 0.05) is 36.1 Å². The number of thiophene rings is 1. The lowest BCUT2D eigenvalue weighted by molar-refractivity contribution is 0.0696. The van der Waals surface area contributed by atoms with Crippen LogP contribution in [-0.4, -0.2) is 45.5 Å². The van der Waals surface area contributed by atoms with E-state index < -0.39 is 5.97 Å². The van der Waals surface area contributed by atoms with Crippen LogP contribution < -0.4 is 4.74 Å². The number of nitrogens with zero attached hydrogens (tertiary/aromatic N) is 3. The Morgan fingerprint density at radius 3 is 2.36 bits per heavy atom. The van der Waals surface area contributed by atoms with Crippen molar-refractivity contribution in [3.05, 3.63) is 93.8 Å². The van der Waals surface area contributed by atoms with Gasteiger partial charge in [0.2, 0.25) is 0 Å². The maximum atomic E-state index is 12.7. The fourth-order valence-corrected chi connectivity index (χ4v) is 6.91. The predicted octanol–water partition coefficient (Wildman–Crippen LogP) is 8.99. The Labute approximate surface area is 271 Å². The molecule has 0 radical (unpaired) electrons. The molecule has 228 valence electrons. The van der Waals surface area contributed by atoms with Gasteiger partial charge in [0.1, 0.15) is 18.2 Å². The molecular formula is C34H33Cl2N3O4S. The third-order valence-corrected chi connectivity index (χ3v) is 9.24. The molecule has 1 aliphatic rings. The van der Waals surface area contributed by atoms with Crippen LogP contribution >= 0.6 is 35.3 Å². The number of benzene rings is 3. The minimum atomic E-state index is -0.959. The third kappa shape index (κ3) is 6.48. The monoisotopic (exact) mass is 649 g/mol. The van der Waals surface area contributed by atoms with E-state index in [4.69, 9.17) is 21.3 Å². The molecule has 0 atom stereocenters. The summed E-state index contributed by atoms with van der Waals surface area (Å²) in [4.78, 5) is 31.8. The minimum Gasteiger partial charge on any atom is -0.489 e. The zero-order valence-electron chi connectivity index (χ0n) is 24.5. The molecule has 3 aromatic carbocycles. The van der Waals surface area contributed by atoms with Crippen LogP contribution in [0.15, 0.2) is 72.8 Å². The number of imidazole rings is 1. The largest absolute Gasteiger partial charge is 0.489 e. The van der Waals surface area contributed by atoms with E-state index in [0.29, 0.717) is 27.2 Å². The zero-order chi connectivity index (χ0) is 30.1. The standard InChI is InChI=1S/C34H32ClN3O4S.ClH/c1-37(2)33(39)22-10-14-27(30-16-17-31(35)43-30)24(18-22)20-42-26-12-8-21(9-13-26)32-36-28-19-23(34(40)41)11-15-29(28)38(32)25-6-4-3-5-7-25;/h8-19,25H,3-7,20H2,1-2H3,(H,40,41);1H. The highest BCUT2D eigenvalue weighted by atomic mass is 35.5. The Bertz CT molecular complexity index is 1810. The van der Waals surface area contributed by atoms with Crippen LogP contribution in [0.4, 0.5) is 0 Å². The molecule has 7 nitrogen and oxygen atoms in total. The van der Waals surface area contributed by atoms with Crippen LogP contribution in [0.1, 0.15) is 64.4 Å². The summed E-state index contributed by atoms with van der Waals surface area (Å²) in [6.07, 6.45) is 5.73. The average molecular weight is 651 g/mol. The van der Waals surface area contributed by atoms with Gasteiger partial charge in [-0.1, -0.05) is 36.9 Å². The van der Waals surface area contributed by atoms with Crippen molar-refractivity contribution in [1.29, 1.82) is 0 Å². The number of halogens is 2. The van der Waals surface area contributed by atoms with Crippen molar-refractivity contribution in [2.75, 3.05) is 14.1 Å². The number of amides is 1. The zero-order valence-corrected chi connectivity index (χ0v) is 26.8. The fraction of sp³-hybridized carbons (Fsp3) is 0.265. The highest BCUT2D eigenvalue weighted by Gasteiger charge is 2.23. The quantitative estimate of drug-likeness (QED) is 0.181. The van der Waals surface area contributed by atoms with Crippen molar-refractivity contribution in [3.8, 4) is 27.6 Å². The summed E-state index contributed by atoms with van der Waals surface area (Å²) in [5.41, 5.74) is 5.29. The molecule has 0 spiro atoms. The van der Waals surface area contributed by atoms with Gasteiger partial charge in [-0.2, -0.15) is 0 Å². The number of aromatic nitrogens is 2. The van der Waals surface area contributed by atoms with E-state index in [0.717, 1.165) is 45.8 Å². The molecule has 0 unspecified atom stereocenters. The summed E-state index contributed by atoms with van der Waals surface area (Å²) < 4.78 is 9.24. The van der Waals surface area contributed by atoms with Gasteiger partial charge in [-0.05, 0) is 90.7 Å². The van der Waals surface area contributed by atoms with Crippen LogP contribution in [0.5, 0.6) is 5.75 Å². The first-order chi connectivity index (χ1) is 20.8. The molecule has 0 saturated heterocycles. The summed E-state index contributed by atoms with van der Waals surface area (Å²) in [6, 6.07) is 22.9. The van der Waals surface area contributed by atoms with Crippen molar-refractivity contribution in [2.45, 2.75) is 44.8 Å². The van der Waals surface area contributed by atoms with Gasteiger partial charge >= 0.3 is 5.97 Å². The molecule has 2 aromatic heterocycles. The van der Waals surface area contributed by atoms with E-state index in [2.05, 4.69) is 4.57 Å². The fourth-order valence-electron chi connectivity index (χ4n) is 5.81. The van der Waals surface area contributed by atoms with Crippen molar-refractivity contribution < 1.29 is 19.4 Å². The first kappa shape index (κ1) is 31.6. The molecule has 0 bridgehead atoms. The van der Waals surface area contributed by atoms with Gasteiger partial charge in [0.15, 0.2) is 0 Å². The van der Waals surface area contributed by atoms with Gasteiger partial charge in [0.05, 0.1) is 20.9 Å². The lowest BCUT2D eigenvalue weighted by Crippen LogP contribution is -2.21. The number of carbonyl (C=O) groups excluding carboxylic acids is 1. The first-order valence-electron chi connectivity index (χ1n) is 14.4. The van der Waals surface area contributed by atoms with Crippen LogP contribution in [-0.2, 0) is 6.61 Å². The van der Waals surface area contributed by atoms with Crippen molar-refractivity contribution >= 4 is 58.3 Å². The lowest BCUT2D eigenvalue weighted by Gasteiger charge is -2.25. The van der Waals surface area contributed by atoms with Crippen molar-refractivity contribution in [1.82, 2.24) is 14.5 Å². The number of fused-ring (bicyclic) bond motifs is 1. The smallest absolute Gasteiger partial charge is 0.335 e. The average Bonchev–Trinajstić information content (AvgIpc) is 3.63. The number of ether oxygens (including phenoxy) is 1. The Morgan fingerprint density at radius 2 is 1.70 bits per heavy atom. The normalized spacial score (nSPS) is 13.4. The number of aromatic carboxylic acids is 1. The lowest BCUT2D eigenvalue weighted by atomic mass is 9.95. The van der Waals surface area contributed by atoms with E-state index in [-0.39, 0.29) is 30.5 Å². The SMILES string of the molecule is CN(C)C(=O)c1ccc(-c2ccc(Cl)s2)c(COc2ccc(-c3nc4cc(C(=O)O)ccc4n3C3CCCCC3)cc2)c1.Cl. The summed E-state index contributed by atoms with van der Waals surface area (Å²) in [7, 11) is 3.47. The Hall–Kier alpha value is -3.85. The van der Waals surface area contributed by atoms with Gasteiger partial charge < -0.3 is 19.3 Å². The molecule has 1 N–H and O–H groups in total. The Kier molecular flexibility index (Phi) is 9.63. The molecule has 1 aliphatic carbocycles. The minimum absolute atomic E-state index is 0. The molecule has 1 amide bonds. The van der Waals surface area contributed by atoms with Crippen LogP contribution in [0.25, 0.3) is 32.9 Å². The molecular weight excluding hydrogens is 617 g/mol. The molecule has 44 heavy (non-hydrogen) atoms. The van der Waals surface area contributed by atoms with Crippen molar-refractivity contribution in [2.24, 2.45) is 0 Å². The van der Waals surface area contributed by atoms with Gasteiger partial charge in [-0.15, -0.1) is 23.7 Å². The Morgan fingerprint density at radius 1 is 0.977 bits per heavy atom. The molecule has 2 heterocycles. The second kappa shape index (κ2) is 13.4. The number of hydrogen-bond acceptors (Lipinski definition) is 5. The first-order valence-corrected chi connectivity index (χ1v) is 15.6. The Balaban J connectivity index is 0.00000384. The van der Waals surface area contributed by atoms with Crippen LogP contribution in [0.3, 0.4) is 0 Å².